The Kier molecular flexibility index (Phi) is 12.1. The van der Waals surface area contributed by atoms with Crippen molar-refractivity contribution >= 4 is 6.72 Å². The monoisotopic (exact) mass is 204 g/mol. The third-order valence-corrected chi connectivity index (χ3v) is 1.40. The van der Waals surface area contributed by atoms with Crippen LogP contribution < -0.4 is 5.73 Å². The Morgan fingerprint density at radius 1 is 0.857 bits per heavy atom. The van der Waals surface area contributed by atoms with E-state index in [1.165, 1.54) is 0 Å². The van der Waals surface area contributed by atoms with Gasteiger partial charge in [0, 0.05) is 6.54 Å². The Labute approximate surface area is 85.2 Å². The number of ether oxygens (including phenoxy) is 3. The fraction of sp³-hybridized carbons (Fsp3) is 0.889. The average molecular weight is 204 g/mol. The molecule has 0 bridgehead atoms. The van der Waals surface area contributed by atoms with E-state index < -0.39 is 0 Å². The van der Waals surface area contributed by atoms with Gasteiger partial charge in [-0.1, -0.05) is 0 Å². The molecule has 0 unspecified atom stereocenters. The van der Waals surface area contributed by atoms with Crippen molar-refractivity contribution < 1.29 is 14.2 Å². The van der Waals surface area contributed by atoms with Gasteiger partial charge in [-0.25, -0.2) is 0 Å². The van der Waals surface area contributed by atoms with Crippen LogP contribution >= 0.6 is 0 Å². The van der Waals surface area contributed by atoms with Crippen LogP contribution in [0.25, 0.3) is 0 Å². The molecule has 0 aromatic heterocycles. The lowest BCUT2D eigenvalue weighted by Crippen LogP contribution is -2.13. The van der Waals surface area contributed by atoms with Gasteiger partial charge in [0.25, 0.3) is 0 Å². The fourth-order valence-electron chi connectivity index (χ4n) is 0.754. The fourth-order valence-corrected chi connectivity index (χ4v) is 0.754. The van der Waals surface area contributed by atoms with E-state index in [9.17, 15) is 0 Å². The summed E-state index contributed by atoms with van der Waals surface area (Å²) in [5.41, 5.74) is 5.24. The van der Waals surface area contributed by atoms with E-state index in [4.69, 9.17) is 19.9 Å². The highest BCUT2D eigenvalue weighted by molar-refractivity contribution is 5.22. The Balaban J connectivity index is 2.81. The Morgan fingerprint density at radius 2 is 1.36 bits per heavy atom. The smallest absolute Gasteiger partial charge is 0.0701 e. The van der Waals surface area contributed by atoms with Crippen molar-refractivity contribution in [2.45, 2.75) is 0 Å². The molecule has 0 saturated heterocycles. The molecule has 0 saturated carbocycles. The van der Waals surface area contributed by atoms with Crippen molar-refractivity contribution in [1.82, 2.24) is 0 Å². The third kappa shape index (κ3) is 11.5. The van der Waals surface area contributed by atoms with Gasteiger partial charge in [-0.3, -0.25) is 4.99 Å². The molecule has 2 N–H and O–H groups in total. The third-order valence-electron chi connectivity index (χ3n) is 1.40. The first-order valence-electron chi connectivity index (χ1n) is 4.77. The maximum Gasteiger partial charge on any atom is 0.0701 e. The molecule has 84 valence electrons. The molecule has 0 heterocycles. The zero-order valence-corrected chi connectivity index (χ0v) is 8.61. The summed E-state index contributed by atoms with van der Waals surface area (Å²) in [7, 11) is 0. The molecule has 0 atom stereocenters. The molecular formula is C9H20N2O3. The van der Waals surface area contributed by atoms with Gasteiger partial charge in [-0.15, -0.1) is 0 Å². The van der Waals surface area contributed by atoms with E-state index in [0.29, 0.717) is 52.7 Å². The minimum Gasteiger partial charge on any atom is -0.378 e. The molecule has 0 spiro atoms. The normalized spacial score (nSPS) is 10.4. The summed E-state index contributed by atoms with van der Waals surface area (Å²) in [5, 5.41) is 0. The predicted molar refractivity (Wildman–Crippen MR) is 55.9 cm³/mol. The summed E-state index contributed by atoms with van der Waals surface area (Å²) >= 11 is 0. The van der Waals surface area contributed by atoms with E-state index in [-0.39, 0.29) is 0 Å². The summed E-state index contributed by atoms with van der Waals surface area (Å²) in [6.07, 6.45) is 0. The lowest BCUT2D eigenvalue weighted by Gasteiger charge is -2.05. The molecule has 14 heavy (non-hydrogen) atoms. The zero-order chi connectivity index (χ0) is 10.5. The molecule has 5 nitrogen and oxygen atoms in total. The van der Waals surface area contributed by atoms with Crippen molar-refractivity contribution in [2.24, 2.45) is 10.7 Å². The van der Waals surface area contributed by atoms with Gasteiger partial charge in [-0.05, 0) is 6.72 Å². The first-order valence-corrected chi connectivity index (χ1v) is 4.77. The first-order chi connectivity index (χ1) is 6.91. The van der Waals surface area contributed by atoms with E-state index >= 15 is 0 Å². The summed E-state index contributed by atoms with van der Waals surface area (Å²) in [5.74, 6) is 0. The number of hydrogen-bond acceptors (Lipinski definition) is 5. The average Bonchev–Trinajstić information content (AvgIpc) is 2.21. The summed E-state index contributed by atoms with van der Waals surface area (Å²) in [6, 6.07) is 0. The zero-order valence-electron chi connectivity index (χ0n) is 8.61. The van der Waals surface area contributed by atoms with Crippen LogP contribution in [0.5, 0.6) is 0 Å². The predicted octanol–water partition coefficient (Wildman–Crippen LogP) is -0.304. The molecule has 0 aliphatic carbocycles. The van der Waals surface area contributed by atoms with Crippen LogP contribution in [0.2, 0.25) is 0 Å². The van der Waals surface area contributed by atoms with Crippen LogP contribution in [0.4, 0.5) is 0 Å². The Hall–Kier alpha value is -0.490. The maximum absolute atomic E-state index is 5.24. The highest BCUT2D eigenvalue weighted by Gasteiger charge is 1.90. The van der Waals surface area contributed by atoms with Crippen molar-refractivity contribution in [3.63, 3.8) is 0 Å². The minimum absolute atomic E-state index is 0.553. The number of aliphatic imine (C=N–C) groups is 1. The lowest BCUT2D eigenvalue weighted by molar-refractivity contribution is 0.0175. The van der Waals surface area contributed by atoms with E-state index in [1.54, 1.807) is 0 Å². The number of nitrogens with two attached hydrogens (primary N) is 1. The van der Waals surface area contributed by atoms with E-state index in [1.807, 2.05) is 0 Å². The van der Waals surface area contributed by atoms with Crippen molar-refractivity contribution in [1.29, 1.82) is 0 Å². The van der Waals surface area contributed by atoms with E-state index in [2.05, 4.69) is 11.7 Å². The van der Waals surface area contributed by atoms with Crippen molar-refractivity contribution in [2.75, 3.05) is 52.7 Å². The molecule has 0 radical (unpaired) electrons. The minimum atomic E-state index is 0.553. The van der Waals surface area contributed by atoms with Crippen LogP contribution in [0.15, 0.2) is 4.99 Å². The Morgan fingerprint density at radius 3 is 1.86 bits per heavy atom. The van der Waals surface area contributed by atoms with Gasteiger partial charge in [0.2, 0.25) is 0 Å². The highest BCUT2D eigenvalue weighted by atomic mass is 16.5. The quantitative estimate of drug-likeness (QED) is 0.370. The van der Waals surface area contributed by atoms with Crippen molar-refractivity contribution in [3.05, 3.63) is 0 Å². The molecule has 0 rings (SSSR count). The second-order valence-corrected chi connectivity index (χ2v) is 2.57. The van der Waals surface area contributed by atoms with Gasteiger partial charge < -0.3 is 19.9 Å². The highest BCUT2D eigenvalue weighted by Crippen LogP contribution is 1.80. The van der Waals surface area contributed by atoms with Crippen LogP contribution in [-0.2, 0) is 14.2 Å². The van der Waals surface area contributed by atoms with Gasteiger partial charge in [0.1, 0.15) is 0 Å². The van der Waals surface area contributed by atoms with Crippen LogP contribution in [0, 0.1) is 0 Å². The topological polar surface area (TPSA) is 66.1 Å². The number of rotatable bonds is 11. The van der Waals surface area contributed by atoms with Gasteiger partial charge >= 0.3 is 0 Å². The second kappa shape index (κ2) is 12.5. The van der Waals surface area contributed by atoms with Gasteiger partial charge in [0.05, 0.1) is 46.2 Å². The van der Waals surface area contributed by atoms with Gasteiger partial charge in [-0.2, -0.15) is 0 Å². The SMILES string of the molecule is C=NCCOCCOCCOCCN. The number of nitrogens with zero attached hydrogens (tertiary/aromatic N) is 1. The summed E-state index contributed by atoms with van der Waals surface area (Å²) < 4.78 is 15.5. The molecule has 0 fully saturated rings. The van der Waals surface area contributed by atoms with Crippen LogP contribution in [0.1, 0.15) is 0 Å². The Bertz CT molecular complexity index is 123. The maximum atomic E-state index is 5.24. The molecule has 5 heteroatoms. The molecular weight excluding hydrogens is 184 g/mol. The first kappa shape index (κ1) is 13.5. The summed E-state index contributed by atoms with van der Waals surface area (Å²) in [6.45, 7) is 8.09. The second-order valence-electron chi connectivity index (χ2n) is 2.57. The van der Waals surface area contributed by atoms with Crippen LogP contribution in [0.3, 0.4) is 0 Å². The van der Waals surface area contributed by atoms with Gasteiger partial charge in [0.15, 0.2) is 0 Å². The molecule has 0 aromatic carbocycles. The summed E-state index contributed by atoms with van der Waals surface area (Å²) in [4.78, 5) is 3.66. The molecule has 0 aromatic rings. The van der Waals surface area contributed by atoms with Crippen LogP contribution in [-0.4, -0.2) is 59.4 Å². The molecule has 0 aliphatic rings. The largest absolute Gasteiger partial charge is 0.378 e. The van der Waals surface area contributed by atoms with Crippen molar-refractivity contribution in [3.8, 4) is 0 Å². The molecule has 0 aliphatic heterocycles. The standard InChI is InChI=1S/C9H20N2O3/c1-11-3-5-13-7-9-14-8-6-12-4-2-10/h1-10H2. The van der Waals surface area contributed by atoms with E-state index in [0.717, 1.165) is 0 Å². The lowest BCUT2D eigenvalue weighted by atomic mass is 10.7. The number of hydrogen-bond donors (Lipinski definition) is 1. The molecule has 0 amide bonds.